The summed E-state index contributed by atoms with van der Waals surface area (Å²) in [5, 5.41) is 9.04. The van der Waals surface area contributed by atoms with Crippen LogP contribution < -0.4 is 20.7 Å². The van der Waals surface area contributed by atoms with Crippen molar-refractivity contribution < 1.29 is 13.9 Å². The summed E-state index contributed by atoms with van der Waals surface area (Å²) in [7, 11) is 3.31. The van der Waals surface area contributed by atoms with Crippen LogP contribution in [0.15, 0.2) is 53.5 Å². The second kappa shape index (κ2) is 13.0. The van der Waals surface area contributed by atoms with E-state index in [0.29, 0.717) is 30.4 Å². The lowest BCUT2D eigenvalue weighted by Crippen LogP contribution is -2.42. The van der Waals surface area contributed by atoms with Gasteiger partial charge in [0.15, 0.2) is 5.96 Å². The zero-order valence-electron chi connectivity index (χ0n) is 16.9. The largest absolute Gasteiger partial charge is 0.489 e. The molecule has 1 unspecified atom stereocenters. The highest BCUT2D eigenvalue weighted by molar-refractivity contribution is 14.0. The van der Waals surface area contributed by atoms with Crippen LogP contribution in [0.2, 0.25) is 0 Å². The van der Waals surface area contributed by atoms with Gasteiger partial charge >= 0.3 is 0 Å². The Bertz CT molecular complexity index is 817. The lowest BCUT2D eigenvalue weighted by atomic mass is 10.1. The van der Waals surface area contributed by atoms with Gasteiger partial charge in [0, 0.05) is 32.3 Å². The Morgan fingerprint density at radius 2 is 1.93 bits per heavy atom. The summed E-state index contributed by atoms with van der Waals surface area (Å²) in [6.45, 7) is 3.08. The van der Waals surface area contributed by atoms with Gasteiger partial charge in [-0.05, 0) is 43.2 Å². The Kier molecular flexibility index (Phi) is 11.0. The van der Waals surface area contributed by atoms with E-state index in [4.69, 9.17) is 4.74 Å². The van der Waals surface area contributed by atoms with E-state index in [0.717, 1.165) is 12.0 Å². The predicted molar refractivity (Wildman–Crippen MR) is 125 cm³/mol. The van der Waals surface area contributed by atoms with Crippen molar-refractivity contribution in [1.82, 2.24) is 16.0 Å². The molecule has 0 aromatic heterocycles. The maximum absolute atomic E-state index is 13.2. The maximum Gasteiger partial charge on any atom is 0.251 e. The molecule has 3 N–H and O–H groups in total. The Balaban J connectivity index is 0.00000420. The fourth-order valence-electron chi connectivity index (χ4n) is 2.61. The summed E-state index contributed by atoms with van der Waals surface area (Å²) in [5.41, 5.74) is 1.71. The van der Waals surface area contributed by atoms with Crippen molar-refractivity contribution in [3.63, 3.8) is 0 Å². The van der Waals surface area contributed by atoms with E-state index in [9.17, 15) is 9.18 Å². The van der Waals surface area contributed by atoms with E-state index >= 15 is 0 Å². The second-order valence-corrected chi connectivity index (χ2v) is 6.30. The molecule has 0 bridgehead atoms. The van der Waals surface area contributed by atoms with Gasteiger partial charge in [-0.1, -0.05) is 18.2 Å². The van der Waals surface area contributed by atoms with E-state index in [1.165, 1.54) is 12.1 Å². The fraction of sp³-hybridized carbons (Fsp3) is 0.333. The minimum Gasteiger partial charge on any atom is -0.489 e. The van der Waals surface area contributed by atoms with E-state index in [2.05, 4.69) is 20.9 Å². The first-order chi connectivity index (χ1) is 13.5. The highest BCUT2D eigenvalue weighted by Gasteiger charge is 2.07. The number of hydrogen-bond acceptors (Lipinski definition) is 3. The Hall–Kier alpha value is -2.36. The van der Waals surface area contributed by atoms with E-state index in [1.807, 2.05) is 25.1 Å². The Labute approximate surface area is 188 Å². The van der Waals surface area contributed by atoms with Crippen molar-refractivity contribution in [2.24, 2.45) is 4.99 Å². The third-order valence-corrected chi connectivity index (χ3v) is 4.04. The van der Waals surface area contributed by atoms with Crippen molar-refractivity contribution in [1.29, 1.82) is 0 Å². The van der Waals surface area contributed by atoms with Gasteiger partial charge in [-0.25, -0.2) is 4.39 Å². The van der Waals surface area contributed by atoms with Gasteiger partial charge in [0.1, 0.15) is 17.7 Å². The van der Waals surface area contributed by atoms with E-state index < -0.39 is 0 Å². The minimum absolute atomic E-state index is 0. The van der Waals surface area contributed by atoms with Crippen LogP contribution in [-0.4, -0.2) is 45.2 Å². The zero-order chi connectivity index (χ0) is 20.4. The molecule has 0 radical (unpaired) electrons. The molecule has 0 aliphatic heterocycles. The van der Waals surface area contributed by atoms with Crippen LogP contribution in [0.25, 0.3) is 0 Å². The lowest BCUT2D eigenvalue weighted by molar-refractivity contribution is 0.0963. The average Bonchev–Trinajstić information content (AvgIpc) is 2.70. The molecule has 2 rings (SSSR count). The second-order valence-electron chi connectivity index (χ2n) is 6.30. The molecule has 1 atom stereocenters. The maximum atomic E-state index is 13.2. The number of guanidine groups is 1. The van der Waals surface area contributed by atoms with Crippen molar-refractivity contribution in [3.05, 3.63) is 65.5 Å². The van der Waals surface area contributed by atoms with Crippen LogP contribution in [0.5, 0.6) is 5.75 Å². The van der Waals surface area contributed by atoms with Gasteiger partial charge in [-0.2, -0.15) is 0 Å². The SMILES string of the molecule is CN=C(NCCc1cccc(C(=O)NC)c1)NCC(C)Oc1cccc(F)c1.I. The first-order valence-corrected chi connectivity index (χ1v) is 9.19. The molecule has 0 aliphatic carbocycles. The highest BCUT2D eigenvalue weighted by atomic mass is 127. The average molecular weight is 514 g/mol. The van der Waals surface area contributed by atoms with Crippen LogP contribution in [0.3, 0.4) is 0 Å². The van der Waals surface area contributed by atoms with Crippen LogP contribution in [0.4, 0.5) is 4.39 Å². The number of benzene rings is 2. The summed E-state index contributed by atoms with van der Waals surface area (Å²) in [5.74, 6) is 0.723. The van der Waals surface area contributed by atoms with Crippen molar-refractivity contribution in [2.45, 2.75) is 19.4 Å². The fourth-order valence-corrected chi connectivity index (χ4v) is 2.61. The van der Waals surface area contributed by atoms with Crippen molar-refractivity contribution >= 4 is 35.8 Å². The minimum atomic E-state index is -0.323. The Morgan fingerprint density at radius 3 is 2.62 bits per heavy atom. The first-order valence-electron chi connectivity index (χ1n) is 9.19. The molecule has 8 heteroatoms. The number of halogens is 2. The molecule has 0 aliphatic rings. The van der Waals surface area contributed by atoms with Crippen LogP contribution >= 0.6 is 24.0 Å². The molecule has 158 valence electrons. The smallest absolute Gasteiger partial charge is 0.251 e. The predicted octanol–water partition coefficient (Wildman–Crippen LogP) is 2.98. The first kappa shape index (κ1) is 24.7. The summed E-state index contributed by atoms with van der Waals surface area (Å²) in [6.07, 6.45) is 0.588. The Morgan fingerprint density at radius 1 is 1.17 bits per heavy atom. The van der Waals surface area contributed by atoms with Gasteiger partial charge in [0.25, 0.3) is 5.91 Å². The monoisotopic (exact) mass is 514 g/mol. The normalized spacial score (nSPS) is 11.8. The summed E-state index contributed by atoms with van der Waals surface area (Å²) >= 11 is 0. The molecule has 0 spiro atoms. The quantitative estimate of drug-likeness (QED) is 0.288. The molecular formula is C21H28FIN4O2. The molecule has 0 heterocycles. The van der Waals surface area contributed by atoms with Gasteiger partial charge < -0.3 is 20.7 Å². The van der Waals surface area contributed by atoms with Crippen molar-refractivity contribution in [2.75, 3.05) is 27.2 Å². The number of aliphatic imine (C=N–C) groups is 1. The van der Waals surface area contributed by atoms with Gasteiger partial charge in [0.2, 0.25) is 0 Å². The van der Waals surface area contributed by atoms with Gasteiger partial charge in [-0.15, -0.1) is 24.0 Å². The van der Waals surface area contributed by atoms with Gasteiger partial charge in [0.05, 0.1) is 6.54 Å². The summed E-state index contributed by atoms with van der Waals surface area (Å²) in [4.78, 5) is 15.9. The molecule has 2 aromatic carbocycles. The number of nitrogens with one attached hydrogen (secondary N) is 3. The van der Waals surface area contributed by atoms with Crippen molar-refractivity contribution in [3.8, 4) is 5.75 Å². The molecule has 6 nitrogen and oxygen atoms in total. The number of amides is 1. The molecule has 1 amide bonds. The molecular weight excluding hydrogens is 486 g/mol. The topological polar surface area (TPSA) is 74.8 Å². The standard InChI is InChI=1S/C21H27FN4O2.HI/c1-15(28-19-9-5-8-18(22)13-19)14-26-21(24-3)25-11-10-16-6-4-7-17(12-16)20(27)23-2;/h4-9,12-13,15H,10-11,14H2,1-3H3,(H,23,27)(H2,24,25,26);1H. The number of rotatable bonds is 8. The van der Waals surface area contributed by atoms with Crippen LogP contribution in [-0.2, 0) is 6.42 Å². The van der Waals surface area contributed by atoms with Gasteiger partial charge in [-0.3, -0.25) is 9.79 Å². The molecule has 29 heavy (non-hydrogen) atoms. The van der Waals surface area contributed by atoms with Crippen LogP contribution in [0.1, 0.15) is 22.8 Å². The number of ether oxygens (including phenoxy) is 1. The number of carbonyl (C=O) groups excluding carboxylic acids is 1. The molecule has 0 fully saturated rings. The highest BCUT2D eigenvalue weighted by Crippen LogP contribution is 2.13. The summed E-state index contributed by atoms with van der Waals surface area (Å²) in [6, 6.07) is 13.6. The number of carbonyl (C=O) groups is 1. The van der Waals surface area contributed by atoms with Crippen LogP contribution in [0, 0.1) is 5.82 Å². The third kappa shape index (κ3) is 8.68. The zero-order valence-corrected chi connectivity index (χ0v) is 19.2. The third-order valence-electron chi connectivity index (χ3n) is 4.04. The number of hydrogen-bond donors (Lipinski definition) is 3. The summed E-state index contributed by atoms with van der Waals surface area (Å²) < 4.78 is 18.9. The molecule has 0 saturated carbocycles. The molecule has 2 aromatic rings. The van der Waals surface area contributed by atoms with E-state index in [-0.39, 0.29) is 41.8 Å². The lowest BCUT2D eigenvalue weighted by Gasteiger charge is -2.18. The number of nitrogens with zero attached hydrogens (tertiary/aromatic N) is 1. The van der Waals surface area contributed by atoms with E-state index in [1.54, 1.807) is 32.3 Å². The molecule has 0 saturated heterocycles.